The van der Waals surface area contributed by atoms with Crippen LogP contribution >= 0.6 is 23.2 Å². The highest BCUT2D eigenvalue weighted by Gasteiger charge is 2.35. The molecule has 0 bridgehead atoms. The van der Waals surface area contributed by atoms with Crippen molar-refractivity contribution >= 4 is 46.4 Å². The molecule has 5 nitrogen and oxygen atoms in total. The first kappa shape index (κ1) is 24.8. The minimum Gasteiger partial charge on any atom is -0.325 e. The topological polar surface area (TPSA) is 73.2 Å². The van der Waals surface area contributed by atoms with E-state index in [1.807, 2.05) is 45.0 Å². The third-order valence-corrected chi connectivity index (χ3v) is 7.12. The number of halogens is 2. The van der Waals surface area contributed by atoms with Gasteiger partial charge in [-0.25, -0.2) is 0 Å². The van der Waals surface area contributed by atoms with Gasteiger partial charge in [0.25, 0.3) is 0 Å². The van der Waals surface area contributed by atoms with E-state index >= 15 is 0 Å². The molecule has 1 saturated heterocycles. The predicted molar refractivity (Wildman–Crippen MR) is 140 cm³/mol. The van der Waals surface area contributed by atoms with Gasteiger partial charge in [0.2, 0.25) is 11.8 Å². The Morgan fingerprint density at radius 3 is 2.40 bits per heavy atom. The molecule has 3 aromatic rings. The number of hydrogen-bond donors (Lipinski definition) is 1. The van der Waals surface area contributed by atoms with E-state index in [4.69, 9.17) is 23.2 Å². The quantitative estimate of drug-likeness (QED) is 0.426. The van der Waals surface area contributed by atoms with Crippen molar-refractivity contribution in [3.05, 3.63) is 92.5 Å². The lowest BCUT2D eigenvalue weighted by atomic mass is 9.91. The molecule has 1 N–H and O–H groups in total. The van der Waals surface area contributed by atoms with Crippen LogP contribution in [0.15, 0.2) is 54.6 Å². The summed E-state index contributed by atoms with van der Waals surface area (Å²) in [6, 6.07) is 18.7. The molecule has 1 aliphatic rings. The third kappa shape index (κ3) is 5.19. The minimum absolute atomic E-state index is 0.0710. The molecular formula is C28H25Cl2N3O2. The highest BCUT2D eigenvalue weighted by atomic mass is 35.5. The number of hydrogen-bond acceptors (Lipinski definition) is 3. The predicted octanol–water partition coefficient (Wildman–Crippen LogP) is 6.57. The SMILES string of the molecule is Cc1ccc(N2CC(C(=O)Nc3cc(Cl)c(C(C#N)c4ccc(Cl)cc4)cc3C)CC2=O)cc1C. The molecule has 1 fully saturated rings. The molecule has 2 atom stereocenters. The van der Waals surface area contributed by atoms with Crippen LogP contribution in [0.5, 0.6) is 0 Å². The van der Waals surface area contributed by atoms with E-state index in [0.29, 0.717) is 27.8 Å². The maximum absolute atomic E-state index is 13.1. The summed E-state index contributed by atoms with van der Waals surface area (Å²) in [7, 11) is 0. The number of nitrogens with zero attached hydrogens (tertiary/aromatic N) is 2. The molecular weight excluding hydrogens is 481 g/mol. The second-order valence-electron chi connectivity index (χ2n) is 8.97. The van der Waals surface area contributed by atoms with Gasteiger partial charge in [-0.05, 0) is 78.9 Å². The summed E-state index contributed by atoms with van der Waals surface area (Å²) in [5.41, 5.74) is 5.84. The number of aryl methyl sites for hydroxylation is 3. The standard InChI is InChI=1S/C28H25Cl2N3O2/c1-16-4-9-22(10-17(16)2)33-15-20(12-27(33)34)28(35)32-26-13-25(30)23(11-18(26)3)24(14-31)19-5-7-21(29)8-6-19/h4-11,13,20,24H,12,15H2,1-3H3,(H,32,35). The summed E-state index contributed by atoms with van der Waals surface area (Å²) in [6.45, 7) is 6.20. The Morgan fingerprint density at radius 1 is 1.03 bits per heavy atom. The second kappa shape index (κ2) is 10.1. The van der Waals surface area contributed by atoms with Crippen molar-refractivity contribution in [3.63, 3.8) is 0 Å². The van der Waals surface area contributed by atoms with E-state index in [1.165, 1.54) is 0 Å². The molecule has 2 amide bonds. The Kier molecular flexibility index (Phi) is 7.16. The Hall–Kier alpha value is -3.33. The summed E-state index contributed by atoms with van der Waals surface area (Å²) < 4.78 is 0. The molecule has 0 radical (unpaired) electrons. The van der Waals surface area contributed by atoms with Gasteiger partial charge in [0.05, 0.1) is 17.9 Å². The average molecular weight is 506 g/mol. The molecule has 0 aliphatic carbocycles. The van der Waals surface area contributed by atoms with Crippen LogP contribution in [0.3, 0.4) is 0 Å². The van der Waals surface area contributed by atoms with Crippen molar-refractivity contribution in [1.82, 2.24) is 0 Å². The zero-order valence-corrected chi connectivity index (χ0v) is 21.2. The summed E-state index contributed by atoms with van der Waals surface area (Å²) in [5.74, 6) is -1.34. The lowest BCUT2D eigenvalue weighted by molar-refractivity contribution is -0.122. The highest BCUT2D eigenvalue weighted by Crippen LogP contribution is 2.35. The zero-order valence-electron chi connectivity index (χ0n) is 19.7. The summed E-state index contributed by atoms with van der Waals surface area (Å²) in [4.78, 5) is 27.4. The zero-order chi connectivity index (χ0) is 25.3. The third-order valence-electron chi connectivity index (χ3n) is 6.54. The van der Waals surface area contributed by atoms with Crippen molar-refractivity contribution in [2.45, 2.75) is 33.1 Å². The monoisotopic (exact) mass is 505 g/mol. The molecule has 4 rings (SSSR count). The van der Waals surface area contributed by atoms with Crippen molar-refractivity contribution in [2.24, 2.45) is 5.92 Å². The number of anilines is 2. The molecule has 3 aromatic carbocycles. The van der Waals surface area contributed by atoms with Gasteiger partial charge in [-0.15, -0.1) is 0 Å². The van der Waals surface area contributed by atoms with E-state index in [9.17, 15) is 14.9 Å². The van der Waals surface area contributed by atoms with Crippen LogP contribution in [0.1, 0.15) is 40.2 Å². The van der Waals surface area contributed by atoms with E-state index in [1.54, 1.807) is 35.2 Å². The van der Waals surface area contributed by atoms with Gasteiger partial charge >= 0.3 is 0 Å². The van der Waals surface area contributed by atoms with E-state index < -0.39 is 11.8 Å². The van der Waals surface area contributed by atoms with Crippen molar-refractivity contribution in [2.75, 3.05) is 16.8 Å². The Labute approximate surface area is 215 Å². The van der Waals surface area contributed by atoms with Crippen molar-refractivity contribution in [1.29, 1.82) is 5.26 Å². The smallest absolute Gasteiger partial charge is 0.229 e. The Balaban J connectivity index is 1.51. The maximum atomic E-state index is 13.1. The summed E-state index contributed by atoms with van der Waals surface area (Å²) >= 11 is 12.5. The minimum atomic E-state index is -0.567. The summed E-state index contributed by atoms with van der Waals surface area (Å²) in [6.07, 6.45) is 0.149. The first-order valence-electron chi connectivity index (χ1n) is 11.3. The van der Waals surface area contributed by atoms with E-state index in [0.717, 1.165) is 27.9 Å². The van der Waals surface area contributed by atoms with Gasteiger partial charge in [-0.3, -0.25) is 9.59 Å². The van der Waals surface area contributed by atoms with Gasteiger partial charge in [-0.2, -0.15) is 5.26 Å². The molecule has 1 aliphatic heterocycles. The first-order chi connectivity index (χ1) is 16.7. The van der Waals surface area contributed by atoms with E-state index in [-0.39, 0.29) is 18.2 Å². The van der Waals surface area contributed by atoms with Crippen LogP contribution < -0.4 is 10.2 Å². The number of rotatable bonds is 5. The van der Waals surface area contributed by atoms with Crippen LogP contribution in [0, 0.1) is 38.0 Å². The summed E-state index contributed by atoms with van der Waals surface area (Å²) in [5, 5.41) is 13.7. The van der Waals surface area contributed by atoms with Crippen LogP contribution in [-0.4, -0.2) is 18.4 Å². The van der Waals surface area contributed by atoms with Gasteiger partial charge in [0.15, 0.2) is 0 Å². The lowest BCUT2D eigenvalue weighted by Gasteiger charge is -2.19. The number of amides is 2. The van der Waals surface area contributed by atoms with Crippen LogP contribution in [-0.2, 0) is 9.59 Å². The Bertz CT molecular complexity index is 1350. The number of nitriles is 1. The number of nitrogens with one attached hydrogen (secondary N) is 1. The van der Waals surface area contributed by atoms with Crippen LogP contribution in [0.2, 0.25) is 10.0 Å². The molecule has 0 saturated carbocycles. The average Bonchev–Trinajstić information content (AvgIpc) is 3.22. The number of carbonyl (C=O) groups is 2. The molecule has 2 unspecified atom stereocenters. The van der Waals surface area contributed by atoms with Gasteiger partial charge in [0.1, 0.15) is 0 Å². The molecule has 0 spiro atoms. The van der Waals surface area contributed by atoms with Gasteiger partial charge in [-0.1, -0.05) is 47.5 Å². The van der Waals surface area contributed by atoms with Gasteiger partial charge in [0, 0.05) is 34.4 Å². The molecule has 178 valence electrons. The molecule has 7 heteroatoms. The highest BCUT2D eigenvalue weighted by molar-refractivity contribution is 6.32. The molecule has 0 aromatic heterocycles. The fraction of sp³-hybridized carbons (Fsp3) is 0.250. The van der Waals surface area contributed by atoms with Crippen molar-refractivity contribution < 1.29 is 9.59 Å². The van der Waals surface area contributed by atoms with Gasteiger partial charge < -0.3 is 10.2 Å². The lowest BCUT2D eigenvalue weighted by Crippen LogP contribution is -2.28. The largest absolute Gasteiger partial charge is 0.325 e. The molecule has 35 heavy (non-hydrogen) atoms. The fourth-order valence-corrected chi connectivity index (χ4v) is 4.70. The second-order valence-corrected chi connectivity index (χ2v) is 9.81. The maximum Gasteiger partial charge on any atom is 0.229 e. The van der Waals surface area contributed by atoms with Crippen LogP contribution in [0.25, 0.3) is 0 Å². The van der Waals surface area contributed by atoms with Crippen LogP contribution in [0.4, 0.5) is 11.4 Å². The normalized spacial score (nSPS) is 16.2. The first-order valence-corrected chi connectivity index (χ1v) is 12.1. The van der Waals surface area contributed by atoms with E-state index in [2.05, 4.69) is 11.4 Å². The van der Waals surface area contributed by atoms with Crippen molar-refractivity contribution in [3.8, 4) is 6.07 Å². The molecule has 1 heterocycles. The number of carbonyl (C=O) groups excluding carboxylic acids is 2. The number of benzene rings is 3. The fourth-order valence-electron chi connectivity index (χ4n) is 4.30. The Morgan fingerprint density at radius 2 is 1.74 bits per heavy atom.